The van der Waals surface area contributed by atoms with E-state index in [1.807, 2.05) is 0 Å². The number of carbonyl (C=O) groups is 2. The van der Waals surface area contributed by atoms with Crippen LogP contribution in [0.3, 0.4) is 0 Å². The molecule has 168 valence electrons. The van der Waals surface area contributed by atoms with Crippen molar-refractivity contribution in [1.29, 1.82) is 0 Å². The molecule has 0 radical (unpaired) electrons. The van der Waals surface area contributed by atoms with Gasteiger partial charge in [-0.3, -0.25) is 9.59 Å². The SMILES string of the molecule is COc1ccc(C(=O)c2oc3ccccc3c2NC(=O)COc2ccc(Cl)cc2Cl)cc1Cl. The highest BCUT2D eigenvalue weighted by Crippen LogP contribution is 2.34. The first kappa shape index (κ1) is 23.0. The number of nitrogens with one attached hydrogen (secondary N) is 1. The van der Waals surface area contributed by atoms with Gasteiger partial charge in [0.1, 0.15) is 17.1 Å². The first-order valence-electron chi connectivity index (χ1n) is 9.65. The van der Waals surface area contributed by atoms with Gasteiger partial charge in [-0.05, 0) is 48.5 Å². The highest BCUT2D eigenvalue weighted by Gasteiger charge is 2.24. The molecule has 1 N–H and O–H groups in total. The summed E-state index contributed by atoms with van der Waals surface area (Å²) in [5.74, 6) is -0.251. The quantitative estimate of drug-likeness (QED) is 0.285. The zero-order valence-corrected chi connectivity index (χ0v) is 19.4. The third-order valence-electron chi connectivity index (χ3n) is 4.73. The molecule has 0 atom stereocenters. The largest absolute Gasteiger partial charge is 0.495 e. The van der Waals surface area contributed by atoms with Crippen molar-refractivity contribution in [3.05, 3.63) is 87.1 Å². The van der Waals surface area contributed by atoms with E-state index in [0.29, 0.717) is 27.5 Å². The summed E-state index contributed by atoms with van der Waals surface area (Å²) in [6.07, 6.45) is 0. The van der Waals surface area contributed by atoms with E-state index in [1.54, 1.807) is 48.5 Å². The molecule has 0 fully saturated rings. The van der Waals surface area contributed by atoms with Crippen molar-refractivity contribution in [3.63, 3.8) is 0 Å². The number of halogens is 3. The van der Waals surface area contributed by atoms with Gasteiger partial charge in [0.15, 0.2) is 12.4 Å². The lowest BCUT2D eigenvalue weighted by Crippen LogP contribution is -2.21. The third-order valence-corrected chi connectivity index (χ3v) is 5.56. The molecular weight excluding hydrogens is 489 g/mol. The molecule has 0 saturated heterocycles. The minimum Gasteiger partial charge on any atom is -0.495 e. The number of ether oxygens (including phenoxy) is 2. The molecule has 3 aromatic carbocycles. The van der Waals surface area contributed by atoms with Crippen molar-refractivity contribution in [1.82, 2.24) is 0 Å². The number of para-hydroxylation sites is 1. The van der Waals surface area contributed by atoms with Gasteiger partial charge in [0.05, 0.1) is 22.8 Å². The van der Waals surface area contributed by atoms with E-state index in [4.69, 9.17) is 48.7 Å². The number of rotatable bonds is 7. The molecule has 1 amide bonds. The summed E-state index contributed by atoms with van der Waals surface area (Å²) in [6.45, 7) is -0.344. The molecule has 6 nitrogen and oxygen atoms in total. The number of hydrogen-bond acceptors (Lipinski definition) is 5. The second kappa shape index (κ2) is 9.75. The van der Waals surface area contributed by atoms with E-state index >= 15 is 0 Å². The van der Waals surface area contributed by atoms with Crippen LogP contribution in [0.5, 0.6) is 11.5 Å². The average Bonchev–Trinajstić information content (AvgIpc) is 3.16. The maximum absolute atomic E-state index is 13.2. The molecule has 1 aromatic heterocycles. The second-order valence-electron chi connectivity index (χ2n) is 6.89. The van der Waals surface area contributed by atoms with Crippen LogP contribution in [0.4, 0.5) is 5.69 Å². The molecule has 0 aliphatic carbocycles. The number of benzene rings is 3. The lowest BCUT2D eigenvalue weighted by atomic mass is 10.1. The molecule has 4 aromatic rings. The monoisotopic (exact) mass is 503 g/mol. The number of ketones is 1. The number of fused-ring (bicyclic) bond motifs is 1. The lowest BCUT2D eigenvalue weighted by Gasteiger charge is -2.10. The minimum atomic E-state index is -0.505. The molecule has 1 heterocycles. The zero-order valence-electron chi connectivity index (χ0n) is 17.2. The Morgan fingerprint density at radius 2 is 1.67 bits per heavy atom. The molecule has 0 saturated carbocycles. The Labute approximate surface area is 203 Å². The highest BCUT2D eigenvalue weighted by molar-refractivity contribution is 6.35. The Balaban J connectivity index is 1.61. The van der Waals surface area contributed by atoms with Gasteiger partial charge in [0, 0.05) is 16.0 Å². The first-order valence-corrected chi connectivity index (χ1v) is 10.8. The molecule has 0 aliphatic rings. The van der Waals surface area contributed by atoms with Gasteiger partial charge in [-0.1, -0.05) is 46.9 Å². The Hall–Kier alpha value is -3.19. The van der Waals surface area contributed by atoms with E-state index in [1.165, 1.54) is 19.2 Å². The highest BCUT2D eigenvalue weighted by atomic mass is 35.5. The average molecular weight is 505 g/mol. The molecule has 0 bridgehead atoms. The van der Waals surface area contributed by atoms with E-state index in [9.17, 15) is 9.59 Å². The van der Waals surface area contributed by atoms with Gasteiger partial charge < -0.3 is 19.2 Å². The van der Waals surface area contributed by atoms with Gasteiger partial charge in [-0.25, -0.2) is 0 Å². The van der Waals surface area contributed by atoms with Crippen LogP contribution in [0.1, 0.15) is 16.1 Å². The lowest BCUT2D eigenvalue weighted by molar-refractivity contribution is -0.118. The maximum Gasteiger partial charge on any atom is 0.262 e. The number of methoxy groups -OCH3 is 1. The molecule has 33 heavy (non-hydrogen) atoms. The van der Waals surface area contributed by atoms with E-state index in [2.05, 4.69) is 5.32 Å². The first-order chi connectivity index (χ1) is 15.9. The van der Waals surface area contributed by atoms with E-state index in [-0.39, 0.29) is 33.7 Å². The van der Waals surface area contributed by atoms with Gasteiger partial charge in [0.2, 0.25) is 5.78 Å². The molecule has 9 heteroatoms. The van der Waals surface area contributed by atoms with Gasteiger partial charge >= 0.3 is 0 Å². The predicted octanol–water partition coefficient (Wildman–Crippen LogP) is 6.65. The van der Waals surface area contributed by atoms with Crippen LogP contribution in [-0.2, 0) is 4.79 Å². The van der Waals surface area contributed by atoms with Crippen molar-refractivity contribution in [2.75, 3.05) is 19.0 Å². The smallest absolute Gasteiger partial charge is 0.262 e. The van der Waals surface area contributed by atoms with Crippen LogP contribution in [0, 0.1) is 0 Å². The summed E-state index contributed by atoms with van der Waals surface area (Å²) < 4.78 is 16.4. The zero-order chi connectivity index (χ0) is 23.5. The van der Waals surface area contributed by atoms with E-state index in [0.717, 1.165) is 0 Å². The summed E-state index contributed by atoms with van der Waals surface area (Å²) in [4.78, 5) is 25.9. The Kier molecular flexibility index (Phi) is 6.79. The van der Waals surface area contributed by atoms with Crippen molar-refractivity contribution in [3.8, 4) is 11.5 Å². The Bertz CT molecular complexity index is 1370. The maximum atomic E-state index is 13.2. The Morgan fingerprint density at radius 3 is 2.39 bits per heavy atom. The van der Waals surface area contributed by atoms with Crippen molar-refractivity contribution < 1.29 is 23.5 Å². The fourth-order valence-corrected chi connectivity index (χ4v) is 3.90. The van der Waals surface area contributed by atoms with Crippen LogP contribution in [0.25, 0.3) is 11.0 Å². The van der Waals surface area contributed by atoms with Crippen molar-refractivity contribution in [2.45, 2.75) is 0 Å². The predicted molar refractivity (Wildman–Crippen MR) is 128 cm³/mol. The molecule has 4 rings (SSSR count). The summed E-state index contributed by atoms with van der Waals surface area (Å²) >= 11 is 18.1. The number of hydrogen-bond donors (Lipinski definition) is 1. The van der Waals surface area contributed by atoms with E-state index < -0.39 is 11.7 Å². The molecule has 0 aliphatic heterocycles. The van der Waals surface area contributed by atoms with Crippen LogP contribution in [0.15, 0.2) is 65.1 Å². The fraction of sp³-hybridized carbons (Fsp3) is 0.0833. The normalized spacial score (nSPS) is 10.8. The second-order valence-corrected chi connectivity index (χ2v) is 8.14. The summed E-state index contributed by atoms with van der Waals surface area (Å²) in [7, 11) is 1.48. The number of anilines is 1. The number of amides is 1. The number of carbonyl (C=O) groups excluding carboxylic acids is 2. The van der Waals surface area contributed by atoms with Crippen LogP contribution < -0.4 is 14.8 Å². The van der Waals surface area contributed by atoms with Gasteiger partial charge in [-0.15, -0.1) is 0 Å². The number of furan rings is 1. The van der Waals surface area contributed by atoms with Crippen molar-refractivity contribution in [2.24, 2.45) is 0 Å². The Morgan fingerprint density at radius 1 is 0.939 bits per heavy atom. The minimum absolute atomic E-state index is 0.0321. The van der Waals surface area contributed by atoms with Crippen LogP contribution >= 0.6 is 34.8 Å². The molecular formula is C24H16Cl3NO5. The van der Waals surface area contributed by atoms with Gasteiger partial charge in [-0.2, -0.15) is 0 Å². The summed E-state index contributed by atoms with van der Waals surface area (Å²) in [6, 6.07) is 16.3. The van der Waals surface area contributed by atoms with Gasteiger partial charge in [0.25, 0.3) is 5.91 Å². The summed E-state index contributed by atoms with van der Waals surface area (Å²) in [5, 5.41) is 4.28. The fourth-order valence-electron chi connectivity index (χ4n) is 3.18. The standard InChI is InChI=1S/C24H16Cl3NO5/c1-31-19-8-6-13(10-16(19)26)23(30)24-22(15-4-2-3-5-18(15)33-24)28-21(29)12-32-20-9-7-14(25)11-17(20)27/h2-11H,12H2,1H3,(H,28,29). The third kappa shape index (κ3) is 4.93. The van der Waals surface area contributed by atoms with Crippen LogP contribution in [-0.4, -0.2) is 25.4 Å². The molecule has 0 spiro atoms. The summed E-state index contributed by atoms with van der Waals surface area (Å²) in [5.41, 5.74) is 0.954. The van der Waals surface area contributed by atoms with Crippen molar-refractivity contribution >= 4 is 63.1 Å². The van der Waals surface area contributed by atoms with Crippen LogP contribution in [0.2, 0.25) is 15.1 Å². The molecule has 0 unspecified atom stereocenters. The topological polar surface area (TPSA) is 77.8 Å².